The van der Waals surface area contributed by atoms with Crippen LogP contribution in [0.3, 0.4) is 0 Å². The van der Waals surface area contributed by atoms with Crippen LogP contribution in [0.25, 0.3) is 0 Å². The van der Waals surface area contributed by atoms with Gasteiger partial charge in [0.05, 0.1) is 6.10 Å². The molecular formula is C11H16FNO2. The smallest absolute Gasteiger partial charge is 0.126 e. The maximum atomic E-state index is 13.0. The molecule has 0 amide bonds. The molecule has 15 heavy (non-hydrogen) atoms. The van der Waals surface area contributed by atoms with Crippen molar-refractivity contribution in [2.45, 2.75) is 19.1 Å². The second-order valence-corrected chi connectivity index (χ2v) is 3.58. The first-order valence-electron chi connectivity index (χ1n) is 4.83. The van der Waals surface area contributed by atoms with Crippen LogP contribution in [-0.4, -0.2) is 29.9 Å². The molecule has 1 aromatic rings. The summed E-state index contributed by atoms with van der Waals surface area (Å²) in [6.45, 7) is 1.91. The summed E-state index contributed by atoms with van der Waals surface area (Å²) in [5.74, 6) is -0.311. The van der Waals surface area contributed by atoms with Crippen molar-refractivity contribution in [3.05, 3.63) is 35.1 Å². The van der Waals surface area contributed by atoms with Gasteiger partial charge in [-0.15, -0.1) is 0 Å². The van der Waals surface area contributed by atoms with Gasteiger partial charge < -0.3 is 15.5 Å². The molecular weight excluding hydrogens is 197 g/mol. The monoisotopic (exact) mass is 213 g/mol. The van der Waals surface area contributed by atoms with Gasteiger partial charge in [0.2, 0.25) is 0 Å². The fraction of sp³-hybridized carbons (Fsp3) is 0.455. The van der Waals surface area contributed by atoms with Gasteiger partial charge in [0, 0.05) is 6.54 Å². The predicted molar refractivity (Wildman–Crippen MR) is 56.0 cm³/mol. The molecule has 0 aliphatic carbocycles. The number of nitrogens with one attached hydrogen (secondary N) is 1. The standard InChI is InChI=1S/C11H16FNO2/c1-7-5-8(3-4-9(7)12)11(15)10(14)6-13-2/h3-5,10-11,13-15H,6H2,1-2H3. The Morgan fingerprint density at radius 2 is 2.07 bits per heavy atom. The largest absolute Gasteiger partial charge is 0.389 e. The zero-order valence-corrected chi connectivity index (χ0v) is 8.87. The number of likely N-dealkylation sites (N-methyl/N-ethyl adjacent to an activating group) is 1. The van der Waals surface area contributed by atoms with Crippen molar-refractivity contribution in [2.75, 3.05) is 13.6 Å². The molecule has 0 saturated heterocycles. The van der Waals surface area contributed by atoms with E-state index in [4.69, 9.17) is 0 Å². The first-order chi connectivity index (χ1) is 7.06. The van der Waals surface area contributed by atoms with Crippen molar-refractivity contribution in [3.8, 4) is 0 Å². The molecule has 2 atom stereocenters. The Morgan fingerprint density at radius 1 is 1.40 bits per heavy atom. The SMILES string of the molecule is CNCC(O)C(O)c1ccc(F)c(C)c1. The summed E-state index contributed by atoms with van der Waals surface area (Å²) >= 11 is 0. The molecule has 84 valence electrons. The number of aliphatic hydroxyl groups is 2. The van der Waals surface area contributed by atoms with E-state index in [0.29, 0.717) is 11.1 Å². The molecule has 0 aliphatic rings. The highest BCUT2D eigenvalue weighted by Crippen LogP contribution is 2.19. The molecule has 2 unspecified atom stereocenters. The Morgan fingerprint density at radius 3 is 2.60 bits per heavy atom. The summed E-state index contributed by atoms with van der Waals surface area (Å²) in [4.78, 5) is 0. The highest BCUT2D eigenvalue weighted by Gasteiger charge is 2.17. The molecule has 0 bridgehead atoms. The number of benzene rings is 1. The molecule has 0 spiro atoms. The van der Waals surface area contributed by atoms with Crippen LogP contribution in [0.4, 0.5) is 4.39 Å². The highest BCUT2D eigenvalue weighted by molar-refractivity contribution is 5.26. The lowest BCUT2D eigenvalue weighted by Crippen LogP contribution is -2.29. The number of rotatable bonds is 4. The van der Waals surface area contributed by atoms with E-state index in [-0.39, 0.29) is 12.4 Å². The molecule has 4 heteroatoms. The highest BCUT2D eigenvalue weighted by atomic mass is 19.1. The van der Waals surface area contributed by atoms with E-state index in [1.165, 1.54) is 12.1 Å². The van der Waals surface area contributed by atoms with Crippen LogP contribution in [-0.2, 0) is 0 Å². The van der Waals surface area contributed by atoms with E-state index in [2.05, 4.69) is 5.32 Å². The molecule has 0 saturated carbocycles. The van der Waals surface area contributed by atoms with E-state index >= 15 is 0 Å². The lowest BCUT2D eigenvalue weighted by Gasteiger charge is -2.18. The number of halogens is 1. The van der Waals surface area contributed by atoms with Crippen LogP contribution in [0.5, 0.6) is 0 Å². The Kier molecular flexibility index (Phi) is 4.20. The summed E-state index contributed by atoms with van der Waals surface area (Å²) in [7, 11) is 1.69. The number of hydrogen-bond donors (Lipinski definition) is 3. The van der Waals surface area contributed by atoms with Crippen molar-refractivity contribution in [1.82, 2.24) is 5.32 Å². The number of aliphatic hydroxyl groups excluding tert-OH is 2. The van der Waals surface area contributed by atoms with Gasteiger partial charge in [-0.3, -0.25) is 0 Å². The molecule has 0 aliphatic heterocycles. The van der Waals surface area contributed by atoms with Gasteiger partial charge in [-0.05, 0) is 31.2 Å². The van der Waals surface area contributed by atoms with Crippen LogP contribution in [0.1, 0.15) is 17.2 Å². The minimum absolute atomic E-state index is 0.289. The zero-order valence-electron chi connectivity index (χ0n) is 8.87. The molecule has 0 aromatic heterocycles. The predicted octanol–water partition coefficient (Wildman–Crippen LogP) is 0.748. The van der Waals surface area contributed by atoms with Gasteiger partial charge in [-0.1, -0.05) is 12.1 Å². The van der Waals surface area contributed by atoms with Crippen LogP contribution in [0.15, 0.2) is 18.2 Å². The summed E-state index contributed by atoms with van der Waals surface area (Å²) in [6.07, 6.45) is -1.88. The van der Waals surface area contributed by atoms with Crippen LogP contribution in [0, 0.1) is 12.7 Å². The zero-order chi connectivity index (χ0) is 11.4. The third-order valence-corrected chi connectivity index (χ3v) is 2.30. The molecule has 0 fully saturated rings. The van der Waals surface area contributed by atoms with Crippen molar-refractivity contribution >= 4 is 0 Å². The maximum Gasteiger partial charge on any atom is 0.126 e. The van der Waals surface area contributed by atoms with E-state index in [1.54, 1.807) is 20.0 Å². The van der Waals surface area contributed by atoms with Crippen molar-refractivity contribution < 1.29 is 14.6 Å². The fourth-order valence-corrected chi connectivity index (χ4v) is 1.39. The summed E-state index contributed by atoms with van der Waals surface area (Å²) in [6, 6.07) is 4.31. The van der Waals surface area contributed by atoms with Crippen LogP contribution in [0.2, 0.25) is 0 Å². The Bertz CT molecular complexity index is 330. The lowest BCUT2D eigenvalue weighted by molar-refractivity contribution is 0.0202. The topological polar surface area (TPSA) is 52.5 Å². The molecule has 3 nitrogen and oxygen atoms in total. The average molecular weight is 213 g/mol. The Balaban J connectivity index is 2.81. The lowest BCUT2D eigenvalue weighted by atomic mass is 10.0. The molecule has 1 rings (SSSR count). The molecule has 0 radical (unpaired) electrons. The quantitative estimate of drug-likeness (QED) is 0.691. The van der Waals surface area contributed by atoms with Crippen LogP contribution < -0.4 is 5.32 Å². The van der Waals surface area contributed by atoms with Gasteiger partial charge in [0.1, 0.15) is 11.9 Å². The number of aryl methyl sites for hydroxylation is 1. The third kappa shape index (κ3) is 2.99. The second-order valence-electron chi connectivity index (χ2n) is 3.58. The minimum atomic E-state index is -0.989. The Hall–Kier alpha value is -0.970. The molecule has 3 N–H and O–H groups in total. The fourth-order valence-electron chi connectivity index (χ4n) is 1.39. The second kappa shape index (κ2) is 5.21. The average Bonchev–Trinajstić information content (AvgIpc) is 2.21. The van der Waals surface area contributed by atoms with Crippen molar-refractivity contribution in [2.24, 2.45) is 0 Å². The van der Waals surface area contributed by atoms with Gasteiger partial charge in [0.25, 0.3) is 0 Å². The minimum Gasteiger partial charge on any atom is -0.389 e. The maximum absolute atomic E-state index is 13.0. The van der Waals surface area contributed by atoms with Gasteiger partial charge >= 0.3 is 0 Å². The Labute approximate surface area is 88.6 Å². The van der Waals surface area contributed by atoms with Crippen molar-refractivity contribution in [1.29, 1.82) is 0 Å². The summed E-state index contributed by atoms with van der Waals surface area (Å²) < 4.78 is 13.0. The van der Waals surface area contributed by atoms with E-state index in [9.17, 15) is 14.6 Å². The van der Waals surface area contributed by atoms with E-state index in [0.717, 1.165) is 0 Å². The summed E-state index contributed by atoms with van der Waals surface area (Å²) in [5, 5.41) is 22.0. The van der Waals surface area contributed by atoms with Crippen molar-refractivity contribution in [3.63, 3.8) is 0 Å². The van der Waals surface area contributed by atoms with Gasteiger partial charge in [-0.25, -0.2) is 4.39 Å². The third-order valence-electron chi connectivity index (χ3n) is 2.30. The first-order valence-corrected chi connectivity index (χ1v) is 4.83. The molecule has 1 aromatic carbocycles. The first kappa shape index (κ1) is 12.1. The number of hydrogen-bond acceptors (Lipinski definition) is 3. The van der Waals surface area contributed by atoms with Crippen LogP contribution >= 0.6 is 0 Å². The normalized spacial score (nSPS) is 15.0. The van der Waals surface area contributed by atoms with E-state index < -0.39 is 12.2 Å². The van der Waals surface area contributed by atoms with E-state index in [1.807, 2.05) is 0 Å². The van der Waals surface area contributed by atoms with Gasteiger partial charge in [-0.2, -0.15) is 0 Å². The van der Waals surface area contributed by atoms with Gasteiger partial charge in [0.15, 0.2) is 0 Å². The molecule has 0 heterocycles. The summed E-state index contributed by atoms with van der Waals surface area (Å²) in [5.41, 5.74) is 0.986.